The topological polar surface area (TPSA) is 117 Å². The van der Waals surface area contributed by atoms with Gasteiger partial charge in [-0.3, -0.25) is 14.6 Å². The number of carbonyl (C=O) groups is 2. The molecule has 1 saturated heterocycles. The number of H-pyrrole nitrogens is 1. The molecule has 1 aromatic heterocycles. The molecule has 10 heteroatoms. The van der Waals surface area contributed by atoms with Crippen LogP contribution >= 0.6 is 0 Å². The minimum absolute atomic E-state index is 0.0163. The van der Waals surface area contributed by atoms with Gasteiger partial charge in [0.2, 0.25) is 0 Å². The Bertz CT molecular complexity index is 1590. The number of carbonyl (C=O) groups excluding carboxylic acids is 2. The van der Waals surface area contributed by atoms with Crippen LogP contribution in [0, 0.1) is 0 Å². The highest BCUT2D eigenvalue weighted by Crippen LogP contribution is 2.32. The minimum Gasteiger partial charge on any atom is -0.494 e. The normalized spacial score (nSPS) is 14.6. The molecule has 5 rings (SSSR count). The van der Waals surface area contributed by atoms with Crippen LogP contribution in [0.3, 0.4) is 0 Å². The van der Waals surface area contributed by atoms with Gasteiger partial charge in [0.25, 0.3) is 0 Å². The molecule has 0 amide bonds. The average molecular weight is 599 g/mol. The van der Waals surface area contributed by atoms with Gasteiger partial charge in [0.05, 0.1) is 42.8 Å². The van der Waals surface area contributed by atoms with E-state index in [2.05, 4.69) is 14.8 Å². The molecule has 2 N–H and O–H groups in total. The molecule has 0 unspecified atom stereocenters. The quantitative estimate of drug-likeness (QED) is 0.101. The number of ether oxygens (including phenoxy) is 3. The van der Waals surface area contributed by atoms with Gasteiger partial charge >= 0.3 is 5.97 Å². The molecule has 0 atom stereocenters. The van der Waals surface area contributed by atoms with Gasteiger partial charge in [-0.2, -0.15) is 0 Å². The molecule has 3 aromatic carbocycles. The molecule has 230 valence electrons. The number of aromatic amines is 1. The van der Waals surface area contributed by atoms with Crippen LogP contribution in [0.5, 0.6) is 5.88 Å². The molecule has 1 aliphatic rings. The standard InChI is InChI=1S/C34H38N4O6/c1-42-20-18-37-14-16-38(17-15-37)19-21-44-23-30(39)24-8-11-27(12-9-24)35-32(25-6-4-3-5-7-25)31-28-13-10-26(34(41)43-2)22-29(28)36-33(31)40/h3-13,22,36,40H,14-21,23H2,1-2H3. The molecule has 4 aromatic rings. The van der Waals surface area contributed by atoms with Crippen LogP contribution in [0.25, 0.3) is 10.9 Å². The molecule has 0 spiro atoms. The van der Waals surface area contributed by atoms with Crippen LogP contribution in [0.1, 0.15) is 31.8 Å². The largest absolute Gasteiger partial charge is 0.494 e. The molecule has 1 aliphatic heterocycles. The van der Waals surface area contributed by atoms with E-state index in [9.17, 15) is 14.7 Å². The first-order valence-electron chi connectivity index (χ1n) is 14.7. The van der Waals surface area contributed by atoms with Crippen molar-refractivity contribution in [1.82, 2.24) is 14.8 Å². The first kappa shape index (κ1) is 31.1. The molecule has 0 radical (unpaired) electrons. The summed E-state index contributed by atoms with van der Waals surface area (Å²) in [6.45, 7) is 7.02. The fourth-order valence-electron chi connectivity index (χ4n) is 5.28. The van der Waals surface area contributed by atoms with Crippen LogP contribution in [0.4, 0.5) is 5.69 Å². The van der Waals surface area contributed by atoms with Gasteiger partial charge in [-0.15, -0.1) is 0 Å². The zero-order valence-corrected chi connectivity index (χ0v) is 25.1. The zero-order chi connectivity index (χ0) is 30.9. The molecular weight excluding hydrogens is 560 g/mol. The van der Waals surface area contributed by atoms with E-state index in [-0.39, 0.29) is 18.3 Å². The van der Waals surface area contributed by atoms with E-state index >= 15 is 0 Å². The van der Waals surface area contributed by atoms with E-state index in [1.807, 2.05) is 30.3 Å². The van der Waals surface area contributed by atoms with Crippen molar-refractivity contribution in [3.8, 4) is 5.88 Å². The lowest BCUT2D eigenvalue weighted by atomic mass is 10.00. The summed E-state index contributed by atoms with van der Waals surface area (Å²) in [6, 6.07) is 21.6. The summed E-state index contributed by atoms with van der Waals surface area (Å²) >= 11 is 0. The molecule has 0 bridgehead atoms. The van der Waals surface area contributed by atoms with Crippen molar-refractivity contribution in [2.45, 2.75) is 0 Å². The predicted molar refractivity (Wildman–Crippen MR) is 169 cm³/mol. The number of piperazine rings is 1. The van der Waals surface area contributed by atoms with Crippen LogP contribution < -0.4 is 0 Å². The molecule has 2 heterocycles. The lowest BCUT2D eigenvalue weighted by molar-refractivity contribution is 0.0574. The van der Waals surface area contributed by atoms with Crippen molar-refractivity contribution in [2.75, 3.05) is 73.3 Å². The zero-order valence-electron chi connectivity index (χ0n) is 25.1. The van der Waals surface area contributed by atoms with Gasteiger partial charge in [0, 0.05) is 68.4 Å². The molecular formula is C34H38N4O6. The second kappa shape index (κ2) is 14.9. The average Bonchev–Trinajstić information content (AvgIpc) is 3.39. The van der Waals surface area contributed by atoms with Gasteiger partial charge in [-0.25, -0.2) is 9.79 Å². The van der Waals surface area contributed by atoms with Crippen molar-refractivity contribution in [2.24, 2.45) is 4.99 Å². The number of ketones is 1. The third-order valence-corrected chi connectivity index (χ3v) is 7.78. The first-order valence-corrected chi connectivity index (χ1v) is 14.7. The van der Waals surface area contributed by atoms with Crippen molar-refractivity contribution < 1.29 is 28.9 Å². The summed E-state index contributed by atoms with van der Waals surface area (Å²) in [4.78, 5) is 37.4. The van der Waals surface area contributed by atoms with Gasteiger partial charge in [-0.05, 0) is 36.4 Å². The van der Waals surface area contributed by atoms with Gasteiger partial charge < -0.3 is 24.3 Å². The Labute approximate surface area is 256 Å². The Morgan fingerprint density at radius 1 is 0.841 bits per heavy atom. The monoisotopic (exact) mass is 598 g/mol. The highest BCUT2D eigenvalue weighted by atomic mass is 16.5. The fourth-order valence-corrected chi connectivity index (χ4v) is 5.28. The van der Waals surface area contributed by atoms with E-state index < -0.39 is 5.97 Å². The third kappa shape index (κ3) is 7.59. The summed E-state index contributed by atoms with van der Waals surface area (Å²) in [5.41, 5.74) is 3.95. The SMILES string of the molecule is COCCN1CCN(CCOCC(=O)c2ccc(N=C(c3ccccc3)c3c(O)[nH]c4cc(C(=O)OC)ccc34)cc2)CC1. The second-order valence-corrected chi connectivity index (χ2v) is 10.6. The summed E-state index contributed by atoms with van der Waals surface area (Å²) in [7, 11) is 3.05. The van der Waals surface area contributed by atoms with Crippen LogP contribution in [0.15, 0.2) is 77.8 Å². The number of Topliss-reactive ketones (excluding diaryl/α,β-unsaturated/α-hetero) is 1. The van der Waals surface area contributed by atoms with Gasteiger partial charge in [0.1, 0.15) is 6.61 Å². The minimum atomic E-state index is -0.466. The number of methoxy groups -OCH3 is 2. The summed E-state index contributed by atoms with van der Waals surface area (Å²) in [6.07, 6.45) is 0. The molecule has 10 nitrogen and oxygen atoms in total. The molecule has 1 fully saturated rings. The first-order chi connectivity index (χ1) is 21.5. The number of aromatic hydroxyl groups is 1. The Balaban J connectivity index is 1.25. The highest BCUT2D eigenvalue weighted by molar-refractivity contribution is 6.22. The maximum atomic E-state index is 12.8. The number of esters is 1. The summed E-state index contributed by atoms with van der Waals surface area (Å²) < 4.78 is 15.7. The molecule has 0 saturated carbocycles. The van der Waals surface area contributed by atoms with Crippen molar-refractivity contribution in [1.29, 1.82) is 0 Å². The van der Waals surface area contributed by atoms with E-state index in [0.29, 0.717) is 45.6 Å². The van der Waals surface area contributed by atoms with Crippen molar-refractivity contribution in [3.63, 3.8) is 0 Å². The maximum Gasteiger partial charge on any atom is 0.337 e. The van der Waals surface area contributed by atoms with E-state index in [1.54, 1.807) is 49.6 Å². The lowest BCUT2D eigenvalue weighted by Crippen LogP contribution is -2.48. The van der Waals surface area contributed by atoms with Crippen LogP contribution in [0.2, 0.25) is 0 Å². The van der Waals surface area contributed by atoms with Crippen LogP contribution in [-0.4, -0.2) is 111 Å². The maximum absolute atomic E-state index is 12.8. The van der Waals surface area contributed by atoms with E-state index in [0.717, 1.165) is 51.4 Å². The Kier molecular flexibility index (Phi) is 10.5. The molecule has 0 aliphatic carbocycles. The number of benzene rings is 3. The van der Waals surface area contributed by atoms with Gasteiger partial charge in [-0.1, -0.05) is 36.4 Å². The Morgan fingerprint density at radius 2 is 1.50 bits per heavy atom. The van der Waals surface area contributed by atoms with Crippen LogP contribution in [-0.2, 0) is 14.2 Å². The van der Waals surface area contributed by atoms with E-state index in [4.69, 9.17) is 19.2 Å². The fraction of sp³-hybridized carbons (Fsp3) is 0.324. The predicted octanol–water partition coefficient (Wildman–Crippen LogP) is 4.29. The summed E-state index contributed by atoms with van der Waals surface area (Å²) in [5.74, 6) is -0.627. The Morgan fingerprint density at radius 3 is 2.16 bits per heavy atom. The van der Waals surface area contributed by atoms with Gasteiger partial charge in [0.15, 0.2) is 11.7 Å². The number of nitrogens with one attached hydrogen (secondary N) is 1. The third-order valence-electron chi connectivity index (χ3n) is 7.78. The summed E-state index contributed by atoms with van der Waals surface area (Å²) in [5, 5.41) is 11.7. The number of hydrogen-bond donors (Lipinski definition) is 2. The second-order valence-electron chi connectivity index (χ2n) is 10.6. The molecule has 44 heavy (non-hydrogen) atoms. The number of nitrogens with zero attached hydrogens (tertiary/aromatic N) is 3. The van der Waals surface area contributed by atoms with E-state index in [1.165, 1.54) is 7.11 Å². The van der Waals surface area contributed by atoms with Crippen molar-refractivity contribution >= 4 is 34.1 Å². The number of fused-ring (bicyclic) bond motifs is 1. The highest BCUT2D eigenvalue weighted by Gasteiger charge is 2.20. The lowest BCUT2D eigenvalue weighted by Gasteiger charge is -2.34. The number of aromatic nitrogens is 1. The van der Waals surface area contributed by atoms with Crippen molar-refractivity contribution in [3.05, 3.63) is 95.1 Å². The number of hydrogen-bond acceptors (Lipinski definition) is 9. The number of aliphatic imine (C=N–C) groups is 1. The number of rotatable bonds is 13. The Hall–Kier alpha value is -4.35. The smallest absolute Gasteiger partial charge is 0.337 e.